The van der Waals surface area contributed by atoms with Crippen LogP contribution in [0.1, 0.15) is 19.4 Å². The lowest BCUT2D eigenvalue weighted by atomic mass is 10.2. The Kier molecular flexibility index (Phi) is 6.36. The molecular formula is C15H24N2O3S. The van der Waals surface area contributed by atoms with Gasteiger partial charge in [0.1, 0.15) is 9.84 Å². The standard InChI is InChI=1S/C15H24N2O3S/c1-5-17(13(3)11-21(4,19)20)10-15(18)16-14-8-6-12(2)7-9-14/h6-9,13H,5,10-11H2,1-4H3,(H,16,18). The fraction of sp³-hybridized carbons (Fsp3) is 0.533. The molecule has 0 aliphatic heterocycles. The molecule has 1 atom stereocenters. The first kappa shape index (κ1) is 17.7. The van der Waals surface area contributed by atoms with Gasteiger partial charge in [0, 0.05) is 18.0 Å². The number of anilines is 1. The fourth-order valence-corrected chi connectivity index (χ4v) is 3.23. The average molecular weight is 312 g/mol. The van der Waals surface area contributed by atoms with Gasteiger partial charge in [-0.2, -0.15) is 0 Å². The summed E-state index contributed by atoms with van der Waals surface area (Å²) in [6.45, 7) is 6.53. The molecule has 1 aromatic carbocycles. The molecule has 0 spiro atoms. The quantitative estimate of drug-likeness (QED) is 0.832. The van der Waals surface area contributed by atoms with Crippen LogP contribution in [-0.2, 0) is 14.6 Å². The number of carbonyl (C=O) groups is 1. The molecule has 1 unspecified atom stereocenters. The summed E-state index contributed by atoms with van der Waals surface area (Å²) in [5, 5.41) is 2.82. The molecule has 1 N–H and O–H groups in total. The molecule has 0 radical (unpaired) electrons. The number of carbonyl (C=O) groups excluding carboxylic acids is 1. The summed E-state index contributed by atoms with van der Waals surface area (Å²) in [4.78, 5) is 13.9. The van der Waals surface area contributed by atoms with Crippen LogP contribution in [-0.4, -0.2) is 50.4 Å². The van der Waals surface area contributed by atoms with Gasteiger partial charge in [0.15, 0.2) is 0 Å². The number of nitrogens with zero attached hydrogens (tertiary/aromatic N) is 1. The molecule has 0 aliphatic rings. The predicted octanol–water partition coefficient (Wildman–Crippen LogP) is 1.69. The van der Waals surface area contributed by atoms with Crippen molar-refractivity contribution in [1.82, 2.24) is 4.90 Å². The van der Waals surface area contributed by atoms with E-state index in [-0.39, 0.29) is 24.2 Å². The van der Waals surface area contributed by atoms with Gasteiger partial charge >= 0.3 is 0 Å². The zero-order valence-corrected chi connectivity index (χ0v) is 13.9. The topological polar surface area (TPSA) is 66.5 Å². The number of aryl methyl sites for hydroxylation is 1. The van der Waals surface area contributed by atoms with Crippen molar-refractivity contribution in [1.29, 1.82) is 0 Å². The van der Waals surface area contributed by atoms with Crippen molar-refractivity contribution in [2.75, 3.05) is 30.4 Å². The zero-order chi connectivity index (χ0) is 16.0. The van der Waals surface area contributed by atoms with Crippen LogP contribution in [0.4, 0.5) is 5.69 Å². The van der Waals surface area contributed by atoms with Crippen LogP contribution in [0.3, 0.4) is 0 Å². The average Bonchev–Trinajstić information content (AvgIpc) is 2.36. The van der Waals surface area contributed by atoms with E-state index in [1.807, 2.05) is 49.9 Å². The Bertz CT molecular complexity index is 567. The maximum atomic E-state index is 12.0. The van der Waals surface area contributed by atoms with Crippen LogP contribution < -0.4 is 5.32 Å². The number of benzene rings is 1. The van der Waals surface area contributed by atoms with Gasteiger partial charge in [0.2, 0.25) is 5.91 Å². The number of likely N-dealkylation sites (N-methyl/N-ethyl adjacent to an activating group) is 1. The Morgan fingerprint density at radius 1 is 1.29 bits per heavy atom. The van der Waals surface area contributed by atoms with Crippen molar-refractivity contribution in [2.45, 2.75) is 26.8 Å². The molecule has 0 bridgehead atoms. The Hall–Kier alpha value is -1.40. The Labute approximate surface area is 127 Å². The van der Waals surface area contributed by atoms with E-state index in [0.717, 1.165) is 11.3 Å². The molecule has 0 fully saturated rings. The van der Waals surface area contributed by atoms with Crippen LogP contribution in [0.2, 0.25) is 0 Å². The molecule has 0 saturated carbocycles. The number of rotatable bonds is 7. The van der Waals surface area contributed by atoms with E-state index in [4.69, 9.17) is 0 Å². The van der Waals surface area contributed by atoms with Crippen LogP contribution in [0.25, 0.3) is 0 Å². The first-order chi connectivity index (χ1) is 9.71. The smallest absolute Gasteiger partial charge is 0.238 e. The minimum Gasteiger partial charge on any atom is -0.325 e. The lowest BCUT2D eigenvalue weighted by Crippen LogP contribution is -2.42. The minimum absolute atomic E-state index is 0.0542. The second-order valence-corrected chi connectivity index (χ2v) is 7.60. The number of sulfone groups is 1. The van der Waals surface area contributed by atoms with Crippen molar-refractivity contribution in [3.05, 3.63) is 29.8 Å². The van der Waals surface area contributed by atoms with E-state index >= 15 is 0 Å². The van der Waals surface area contributed by atoms with E-state index in [0.29, 0.717) is 6.54 Å². The highest BCUT2D eigenvalue weighted by molar-refractivity contribution is 7.90. The van der Waals surface area contributed by atoms with Gasteiger partial charge in [-0.15, -0.1) is 0 Å². The zero-order valence-electron chi connectivity index (χ0n) is 13.1. The third-order valence-electron chi connectivity index (χ3n) is 3.26. The number of hydrogen-bond acceptors (Lipinski definition) is 4. The molecule has 0 saturated heterocycles. The second-order valence-electron chi connectivity index (χ2n) is 5.42. The van der Waals surface area contributed by atoms with Crippen LogP contribution in [0.15, 0.2) is 24.3 Å². The van der Waals surface area contributed by atoms with Gasteiger partial charge in [-0.25, -0.2) is 8.42 Å². The summed E-state index contributed by atoms with van der Waals surface area (Å²) in [5.41, 5.74) is 1.88. The molecule has 1 aromatic rings. The number of nitrogens with one attached hydrogen (secondary N) is 1. The summed E-state index contributed by atoms with van der Waals surface area (Å²) in [6.07, 6.45) is 1.21. The van der Waals surface area contributed by atoms with Gasteiger partial charge in [-0.05, 0) is 32.5 Å². The maximum Gasteiger partial charge on any atom is 0.238 e. The van der Waals surface area contributed by atoms with Crippen LogP contribution in [0.5, 0.6) is 0 Å². The molecule has 0 aromatic heterocycles. The minimum atomic E-state index is -3.05. The highest BCUT2D eigenvalue weighted by atomic mass is 32.2. The van der Waals surface area contributed by atoms with Crippen molar-refractivity contribution in [2.24, 2.45) is 0 Å². The molecule has 1 rings (SSSR count). The highest BCUT2D eigenvalue weighted by Gasteiger charge is 2.19. The van der Waals surface area contributed by atoms with E-state index in [2.05, 4.69) is 5.32 Å². The lowest BCUT2D eigenvalue weighted by Gasteiger charge is -2.26. The Morgan fingerprint density at radius 3 is 2.33 bits per heavy atom. The molecule has 5 nitrogen and oxygen atoms in total. The second kappa shape index (κ2) is 7.56. The number of hydrogen-bond donors (Lipinski definition) is 1. The van der Waals surface area contributed by atoms with E-state index in [9.17, 15) is 13.2 Å². The maximum absolute atomic E-state index is 12.0. The Balaban J connectivity index is 2.60. The SMILES string of the molecule is CCN(CC(=O)Nc1ccc(C)cc1)C(C)CS(C)(=O)=O. The summed E-state index contributed by atoms with van der Waals surface area (Å²) < 4.78 is 22.7. The fourth-order valence-electron chi connectivity index (χ4n) is 2.14. The third-order valence-corrected chi connectivity index (χ3v) is 4.34. The lowest BCUT2D eigenvalue weighted by molar-refractivity contribution is -0.117. The monoisotopic (exact) mass is 312 g/mol. The predicted molar refractivity (Wildman–Crippen MR) is 86.2 cm³/mol. The number of amides is 1. The van der Waals surface area contributed by atoms with Gasteiger partial charge < -0.3 is 5.32 Å². The molecule has 6 heteroatoms. The molecule has 1 amide bonds. The summed E-state index contributed by atoms with van der Waals surface area (Å²) in [7, 11) is -3.05. The van der Waals surface area contributed by atoms with E-state index in [1.165, 1.54) is 6.26 Å². The van der Waals surface area contributed by atoms with Crippen molar-refractivity contribution in [3.8, 4) is 0 Å². The Morgan fingerprint density at radius 2 is 1.86 bits per heavy atom. The van der Waals surface area contributed by atoms with Crippen molar-refractivity contribution < 1.29 is 13.2 Å². The molecule has 118 valence electrons. The first-order valence-electron chi connectivity index (χ1n) is 6.99. The first-order valence-corrected chi connectivity index (χ1v) is 9.05. The third kappa shape index (κ3) is 6.73. The van der Waals surface area contributed by atoms with Gasteiger partial charge in [-0.1, -0.05) is 24.6 Å². The van der Waals surface area contributed by atoms with Crippen LogP contribution >= 0.6 is 0 Å². The van der Waals surface area contributed by atoms with Crippen molar-refractivity contribution in [3.63, 3.8) is 0 Å². The highest BCUT2D eigenvalue weighted by Crippen LogP contribution is 2.09. The normalized spacial score (nSPS) is 13.2. The van der Waals surface area contributed by atoms with E-state index < -0.39 is 9.84 Å². The molecule has 0 aliphatic carbocycles. The van der Waals surface area contributed by atoms with Gasteiger partial charge in [0.05, 0.1) is 12.3 Å². The molecular weight excluding hydrogens is 288 g/mol. The van der Waals surface area contributed by atoms with E-state index in [1.54, 1.807) is 0 Å². The molecule has 0 heterocycles. The van der Waals surface area contributed by atoms with Gasteiger partial charge in [0.25, 0.3) is 0 Å². The summed E-state index contributed by atoms with van der Waals surface area (Å²) >= 11 is 0. The van der Waals surface area contributed by atoms with Crippen LogP contribution in [0, 0.1) is 6.92 Å². The van der Waals surface area contributed by atoms with Crippen molar-refractivity contribution >= 4 is 21.4 Å². The molecule has 21 heavy (non-hydrogen) atoms. The van der Waals surface area contributed by atoms with Gasteiger partial charge in [-0.3, -0.25) is 9.69 Å². The summed E-state index contributed by atoms with van der Waals surface area (Å²) in [5.74, 6) is -0.0837. The largest absolute Gasteiger partial charge is 0.325 e. The summed E-state index contributed by atoms with van der Waals surface area (Å²) in [6, 6.07) is 7.38.